The van der Waals surface area contributed by atoms with E-state index in [4.69, 9.17) is 0 Å². The van der Waals surface area contributed by atoms with Gasteiger partial charge in [0.15, 0.2) is 0 Å². The van der Waals surface area contributed by atoms with Crippen molar-refractivity contribution in [3.8, 4) is 0 Å². The lowest BCUT2D eigenvalue weighted by atomic mass is 9.94. The van der Waals surface area contributed by atoms with Gasteiger partial charge in [-0.05, 0) is 19.3 Å². The maximum atomic E-state index is 12.0. The molecule has 0 aromatic heterocycles. The lowest BCUT2D eigenvalue weighted by Crippen LogP contribution is -2.40. The fourth-order valence-corrected chi connectivity index (χ4v) is 1.66. The zero-order valence-corrected chi connectivity index (χ0v) is 9.55. The molecule has 14 heavy (non-hydrogen) atoms. The van der Waals surface area contributed by atoms with Crippen LogP contribution in [-0.4, -0.2) is 23.9 Å². The van der Waals surface area contributed by atoms with Gasteiger partial charge < -0.3 is 4.90 Å². The molecule has 2 heteroatoms. The molecule has 1 amide bonds. The molecule has 0 bridgehead atoms. The second-order valence-corrected chi connectivity index (χ2v) is 4.94. The van der Waals surface area contributed by atoms with Crippen LogP contribution in [0.3, 0.4) is 0 Å². The molecule has 1 aliphatic heterocycles. The SMILES string of the molecule is CC(C)(C)C(=O)N1CC/C=C\CCC1. The van der Waals surface area contributed by atoms with Crippen LogP contribution < -0.4 is 0 Å². The van der Waals surface area contributed by atoms with Gasteiger partial charge in [0.25, 0.3) is 0 Å². The maximum absolute atomic E-state index is 12.0. The highest BCUT2D eigenvalue weighted by Crippen LogP contribution is 2.18. The van der Waals surface area contributed by atoms with Crippen molar-refractivity contribution in [3.05, 3.63) is 12.2 Å². The van der Waals surface area contributed by atoms with Gasteiger partial charge in [-0.1, -0.05) is 32.9 Å². The average molecular weight is 195 g/mol. The molecular weight excluding hydrogens is 174 g/mol. The highest BCUT2D eigenvalue weighted by Gasteiger charge is 2.26. The summed E-state index contributed by atoms with van der Waals surface area (Å²) in [6.45, 7) is 7.77. The third-order valence-electron chi connectivity index (χ3n) is 2.46. The Balaban J connectivity index is 2.58. The van der Waals surface area contributed by atoms with Crippen LogP contribution in [0.4, 0.5) is 0 Å². The van der Waals surface area contributed by atoms with Gasteiger partial charge in [-0.2, -0.15) is 0 Å². The molecular formula is C12H21NO. The van der Waals surface area contributed by atoms with E-state index >= 15 is 0 Å². The topological polar surface area (TPSA) is 20.3 Å². The zero-order chi connectivity index (χ0) is 10.6. The van der Waals surface area contributed by atoms with Crippen LogP contribution in [0.15, 0.2) is 12.2 Å². The van der Waals surface area contributed by atoms with Gasteiger partial charge in [0.1, 0.15) is 0 Å². The van der Waals surface area contributed by atoms with Gasteiger partial charge in [-0.25, -0.2) is 0 Å². The lowest BCUT2D eigenvalue weighted by Gasteiger charge is -2.29. The van der Waals surface area contributed by atoms with Crippen molar-refractivity contribution in [1.29, 1.82) is 0 Å². The molecule has 80 valence electrons. The fraction of sp³-hybridized carbons (Fsp3) is 0.750. The Morgan fingerprint density at radius 2 is 1.79 bits per heavy atom. The summed E-state index contributed by atoms with van der Waals surface area (Å²) in [5.74, 6) is 0.285. The Hall–Kier alpha value is -0.790. The second-order valence-electron chi connectivity index (χ2n) is 4.94. The van der Waals surface area contributed by atoms with E-state index in [1.165, 1.54) is 0 Å². The fourth-order valence-electron chi connectivity index (χ4n) is 1.66. The van der Waals surface area contributed by atoms with Gasteiger partial charge in [0.05, 0.1) is 0 Å². The van der Waals surface area contributed by atoms with Crippen LogP contribution in [0.1, 0.15) is 40.0 Å². The van der Waals surface area contributed by atoms with Crippen LogP contribution in [0.25, 0.3) is 0 Å². The smallest absolute Gasteiger partial charge is 0.227 e. The third kappa shape index (κ3) is 3.17. The highest BCUT2D eigenvalue weighted by molar-refractivity contribution is 5.81. The molecule has 0 radical (unpaired) electrons. The first kappa shape index (κ1) is 11.3. The number of hydrogen-bond donors (Lipinski definition) is 0. The summed E-state index contributed by atoms with van der Waals surface area (Å²) in [5, 5.41) is 0. The average Bonchev–Trinajstić information content (AvgIpc) is 2.00. The van der Waals surface area contributed by atoms with Crippen molar-refractivity contribution in [2.75, 3.05) is 13.1 Å². The largest absolute Gasteiger partial charge is 0.342 e. The minimum absolute atomic E-state index is 0.233. The van der Waals surface area contributed by atoms with Gasteiger partial charge in [-0.3, -0.25) is 4.79 Å². The number of allylic oxidation sites excluding steroid dienone is 1. The number of nitrogens with zero attached hydrogens (tertiary/aromatic N) is 1. The summed E-state index contributed by atoms with van der Waals surface area (Å²) >= 11 is 0. The molecule has 0 spiro atoms. The molecule has 1 heterocycles. The van der Waals surface area contributed by atoms with E-state index in [0.29, 0.717) is 0 Å². The Morgan fingerprint density at radius 3 is 2.43 bits per heavy atom. The van der Waals surface area contributed by atoms with Crippen LogP contribution in [0.2, 0.25) is 0 Å². The lowest BCUT2D eigenvalue weighted by molar-refractivity contribution is -0.139. The van der Waals surface area contributed by atoms with Gasteiger partial charge >= 0.3 is 0 Å². The monoisotopic (exact) mass is 195 g/mol. The van der Waals surface area contributed by atoms with E-state index in [0.717, 1.165) is 32.4 Å². The van der Waals surface area contributed by atoms with Gasteiger partial charge in [0, 0.05) is 18.5 Å². The molecule has 1 rings (SSSR count). The van der Waals surface area contributed by atoms with Gasteiger partial charge in [0.2, 0.25) is 5.91 Å². The minimum Gasteiger partial charge on any atom is -0.342 e. The van der Waals surface area contributed by atoms with E-state index in [1.807, 2.05) is 25.7 Å². The van der Waals surface area contributed by atoms with E-state index in [1.54, 1.807) is 0 Å². The molecule has 0 saturated heterocycles. The molecule has 0 aliphatic carbocycles. The normalized spacial score (nSPS) is 21.2. The first-order valence-corrected chi connectivity index (χ1v) is 5.46. The zero-order valence-electron chi connectivity index (χ0n) is 9.55. The van der Waals surface area contributed by atoms with E-state index < -0.39 is 0 Å². The number of hydrogen-bond acceptors (Lipinski definition) is 1. The Kier molecular flexibility index (Phi) is 3.73. The molecule has 0 unspecified atom stereocenters. The Morgan fingerprint density at radius 1 is 1.14 bits per heavy atom. The summed E-state index contributed by atoms with van der Waals surface area (Å²) in [7, 11) is 0. The summed E-state index contributed by atoms with van der Waals surface area (Å²) in [4.78, 5) is 14.0. The number of carbonyl (C=O) groups is 1. The van der Waals surface area contributed by atoms with E-state index in [9.17, 15) is 4.79 Å². The quantitative estimate of drug-likeness (QED) is 0.544. The van der Waals surface area contributed by atoms with E-state index in [-0.39, 0.29) is 11.3 Å². The summed E-state index contributed by atoms with van der Waals surface area (Å²) < 4.78 is 0. The van der Waals surface area contributed by atoms with E-state index in [2.05, 4.69) is 12.2 Å². The summed E-state index contributed by atoms with van der Waals surface area (Å²) in [6.07, 6.45) is 7.61. The second kappa shape index (κ2) is 4.63. The van der Waals surface area contributed by atoms with Crippen LogP contribution in [0.5, 0.6) is 0 Å². The predicted octanol–water partition coefficient (Wildman–Crippen LogP) is 2.60. The van der Waals surface area contributed by atoms with Crippen LogP contribution >= 0.6 is 0 Å². The predicted molar refractivity (Wildman–Crippen MR) is 59.0 cm³/mol. The maximum Gasteiger partial charge on any atom is 0.227 e. The standard InChI is InChI=1S/C12H21NO/c1-12(2,3)11(14)13-9-7-5-4-6-8-10-13/h4-5H,6-10H2,1-3H3/b5-4-. The van der Waals surface area contributed by atoms with Crippen molar-refractivity contribution in [3.63, 3.8) is 0 Å². The highest BCUT2D eigenvalue weighted by atomic mass is 16.2. The number of rotatable bonds is 0. The van der Waals surface area contributed by atoms with Crippen molar-refractivity contribution >= 4 is 5.91 Å². The Labute approximate surface area is 87.0 Å². The molecule has 0 N–H and O–H groups in total. The molecule has 0 aromatic carbocycles. The van der Waals surface area contributed by atoms with Crippen molar-refractivity contribution < 1.29 is 4.79 Å². The van der Waals surface area contributed by atoms with Crippen molar-refractivity contribution in [1.82, 2.24) is 4.90 Å². The summed E-state index contributed by atoms with van der Waals surface area (Å²) in [5.41, 5.74) is -0.233. The number of carbonyl (C=O) groups excluding carboxylic acids is 1. The minimum atomic E-state index is -0.233. The van der Waals surface area contributed by atoms with Crippen molar-refractivity contribution in [2.24, 2.45) is 5.41 Å². The molecule has 0 atom stereocenters. The first-order chi connectivity index (χ1) is 6.52. The van der Waals surface area contributed by atoms with Crippen LogP contribution in [0, 0.1) is 5.41 Å². The van der Waals surface area contributed by atoms with Gasteiger partial charge in [-0.15, -0.1) is 0 Å². The molecule has 2 nitrogen and oxygen atoms in total. The first-order valence-electron chi connectivity index (χ1n) is 5.46. The molecule has 0 aromatic rings. The Bertz CT molecular complexity index is 225. The van der Waals surface area contributed by atoms with Crippen molar-refractivity contribution in [2.45, 2.75) is 40.0 Å². The van der Waals surface area contributed by atoms with Crippen LogP contribution in [-0.2, 0) is 4.79 Å². The molecule has 1 aliphatic rings. The molecule has 0 saturated carbocycles. The summed E-state index contributed by atoms with van der Waals surface area (Å²) in [6, 6.07) is 0. The molecule has 0 fully saturated rings. The third-order valence-corrected chi connectivity index (χ3v) is 2.46. The number of amides is 1.